The molecule has 0 radical (unpaired) electrons. The van der Waals surface area contributed by atoms with E-state index in [1.807, 2.05) is 0 Å². The van der Waals surface area contributed by atoms with Crippen LogP contribution in [0.5, 0.6) is 0 Å². The molecule has 0 spiro atoms. The molecule has 0 aliphatic carbocycles. The first kappa shape index (κ1) is 30.1. The van der Waals surface area contributed by atoms with E-state index in [1.165, 1.54) is 17.2 Å². The summed E-state index contributed by atoms with van der Waals surface area (Å²) >= 11 is 0. The van der Waals surface area contributed by atoms with Crippen molar-refractivity contribution in [3.05, 3.63) is 12.7 Å². The Morgan fingerprint density at radius 3 is 2.72 bits per heavy atom. The van der Waals surface area contributed by atoms with Gasteiger partial charge < -0.3 is 34.8 Å². The first-order valence-corrected chi connectivity index (χ1v) is 16.5. The highest BCUT2D eigenvalue weighted by molar-refractivity contribution is 7.47. The predicted octanol–water partition coefficient (Wildman–Crippen LogP) is -2.65. The number of hydrogen-bond donors (Lipinski definition) is 6. The van der Waals surface area contributed by atoms with Crippen molar-refractivity contribution in [3.63, 3.8) is 0 Å². The van der Waals surface area contributed by atoms with Gasteiger partial charge in [-0.2, -0.15) is 4.99 Å². The zero-order chi connectivity index (χ0) is 32.2. The fourth-order valence-electron chi connectivity index (χ4n) is 6.07. The van der Waals surface area contributed by atoms with Gasteiger partial charge in [-0.3, -0.25) is 48.1 Å². The second-order valence-electron chi connectivity index (χ2n) is 11.0. The number of nitrogens with one attached hydrogen (secondary N) is 2. The van der Waals surface area contributed by atoms with Gasteiger partial charge in [-0.25, -0.2) is 24.1 Å². The third-order valence-corrected chi connectivity index (χ3v) is 10.1. The van der Waals surface area contributed by atoms with Gasteiger partial charge in [0.2, 0.25) is 5.96 Å². The Kier molecular flexibility index (Phi) is 6.76. The number of aliphatic hydroxyl groups is 1. The normalized spacial score (nSPS) is 43.9. The number of imidazole rings is 1. The molecule has 2 aromatic rings. The Morgan fingerprint density at radius 2 is 1.89 bits per heavy atom. The number of amides is 1. The third kappa shape index (κ3) is 4.71. The highest BCUT2D eigenvalue weighted by Crippen LogP contribution is 2.57. The monoisotopic (exact) mass is 686 g/mol. The number of nitrogens with zero attached hydrogens (tertiary/aromatic N) is 7. The van der Waals surface area contributed by atoms with Gasteiger partial charge in [-0.15, -0.1) is 0 Å². The van der Waals surface area contributed by atoms with Crippen LogP contribution in [-0.2, 0) is 46.2 Å². The van der Waals surface area contributed by atoms with Crippen LogP contribution >= 0.6 is 15.6 Å². The van der Waals surface area contributed by atoms with E-state index in [4.69, 9.17) is 43.4 Å². The number of nitrogen functional groups attached to an aromatic ring is 1. The molecule has 8 heterocycles. The molecule has 6 aliphatic rings. The molecule has 2 aromatic heterocycles. The van der Waals surface area contributed by atoms with Crippen molar-refractivity contribution in [2.45, 2.75) is 54.6 Å². The summed E-state index contributed by atoms with van der Waals surface area (Å²) in [6.07, 6.45) is -6.29. The zero-order valence-electron chi connectivity index (χ0n) is 23.0. The molecule has 46 heavy (non-hydrogen) atoms. The molecule has 11 atom stereocenters. The molecule has 5 unspecified atom stereocenters. The number of phosphoric ester groups is 2. The van der Waals surface area contributed by atoms with Crippen LogP contribution in [0.4, 0.5) is 5.82 Å². The van der Waals surface area contributed by atoms with Crippen molar-refractivity contribution in [2.24, 2.45) is 9.98 Å². The van der Waals surface area contributed by atoms with E-state index in [1.54, 1.807) is 0 Å². The van der Waals surface area contributed by atoms with Gasteiger partial charge in [0.1, 0.15) is 48.0 Å². The van der Waals surface area contributed by atoms with E-state index in [0.29, 0.717) is 0 Å². The van der Waals surface area contributed by atoms with Gasteiger partial charge in [0.15, 0.2) is 35.8 Å². The first-order chi connectivity index (χ1) is 21.8. The molecule has 1 amide bonds. The molecule has 246 valence electrons. The largest absolute Gasteiger partial charge is 0.472 e. The Morgan fingerprint density at radius 1 is 1.09 bits per heavy atom. The second kappa shape index (κ2) is 10.3. The maximum absolute atomic E-state index is 13.4. The summed E-state index contributed by atoms with van der Waals surface area (Å²) in [7, 11) is -10.1. The molecule has 7 N–H and O–H groups in total. The number of amidine groups is 1. The van der Waals surface area contributed by atoms with Crippen molar-refractivity contribution in [1.29, 1.82) is 5.41 Å². The first-order valence-electron chi connectivity index (χ1n) is 13.5. The van der Waals surface area contributed by atoms with Crippen LogP contribution in [-0.4, -0.2) is 132 Å². The van der Waals surface area contributed by atoms with Gasteiger partial charge in [-0.05, 0) is 0 Å². The molecule has 0 saturated carbocycles. The molecule has 6 aliphatic heterocycles. The minimum atomic E-state index is -5.11. The molecule has 25 heteroatoms. The van der Waals surface area contributed by atoms with Crippen molar-refractivity contribution < 1.29 is 61.1 Å². The van der Waals surface area contributed by atoms with Crippen LogP contribution in [0.1, 0.15) is 6.23 Å². The molecule has 8 rings (SSSR count). The number of ether oxygens (including phenoxy) is 3. The summed E-state index contributed by atoms with van der Waals surface area (Å²) < 4.78 is 67.6. The summed E-state index contributed by atoms with van der Waals surface area (Å²) in [5.41, 5.74) is 4.64. The summed E-state index contributed by atoms with van der Waals surface area (Å²) in [4.78, 5) is 55.4. The molecular weight excluding hydrogens is 662 g/mol. The number of phosphoric acid groups is 2. The topological polar surface area (TPSA) is 310 Å². The van der Waals surface area contributed by atoms with Crippen LogP contribution in [0.2, 0.25) is 0 Å². The van der Waals surface area contributed by atoms with E-state index in [2.05, 4.69) is 30.3 Å². The molecule has 4 bridgehead atoms. The number of carbonyl (C=O) groups is 1. The summed E-state index contributed by atoms with van der Waals surface area (Å²) in [5.74, 6) is -1.17. The number of rotatable bonds is 2. The molecular formula is C21H24N10O13P2. The molecule has 4 fully saturated rings. The summed E-state index contributed by atoms with van der Waals surface area (Å²) in [6, 6.07) is -1.17. The quantitative estimate of drug-likeness (QED) is 0.176. The Labute approximate surface area is 256 Å². The van der Waals surface area contributed by atoms with Gasteiger partial charge >= 0.3 is 15.6 Å². The lowest BCUT2D eigenvalue weighted by Crippen LogP contribution is -2.53. The van der Waals surface area contributed by atoms with Crippen molar-refractivity contribution >= 4 is 56.7 Å². The lowest BCUT2D eigenvalue weighted by atomic mass is 10.0. The maximum atomic E-state index is 13.4. The number of carbonyl (C=O) groups excluding carboxylic acids is 1. The van der Waals surface area contributed by atoms with E-state index in [9.17, 15) is 28.8 Å². The highest BCUT2D eigenvalue weighted by atomic mass is 31.2. The Hall–Kier alpha value is -3.31. The van der Waals surface area contributed by atoms with Gasteiger partial charge in [-0.1, -0.05) is 0 Å². The van der Waals surface area contributed by atoms with Gasteiger partial charge in [0.25, 0.3) is 5.91 Å². The number of aliphatic hydroxyl groups excluding tert-OH is 1. The van der Waals surface area contributed by atoms with Crippen LogP contribution in [0.15, 0.2) is 22.6 Å². The van der Waals surface area contributed by atoms with Crippen molar-refractivity contribution in [2.75, 3.05) is 25.6 Å². The van der Waals surface area contributed by atoms with E-state index in [0.717, 1.165) is 11.2 Å². The summed E-state index contributed by atoms with van der Waals surface area (Å²) in [5, 5.41) is 21.1. The van der Waals surface area contributed by atoms with E-state index >= 15 is 0 Å². The SMILES string of the molecule is N=C1N=C2C(N=CN2[C@@H]2O[C@@H]3COP(=O)(O)OC4[C@@H]5OC[C@]4(COP(=O)(O)O[C@H]2C3O)O[C@H]5n2cnc3c(N)ncnc32)C(=O)N1. The maximum Gasteiger partial charge on any atom is 0.472 e. The zero-order valence-corrected chi connectivity index (χ0v) is 24.8. The predicted molar refractivity (Wildman–Crippen MR) is 146 cm³/mol. The lowest BCUT2D eigenvalue weighted by molar-refractivity contribution is -0.184. The van der Waals surface area contributed by atoms with Crippen LogP contribution in [0.25, 0.3) is 11.2 Å². The number of aromatic nitrogens is 4. The summed E-state index contributed by atoms with van der Waals surface area (Å²) in [6.45, 7) is -1.84. The third-order valence-electron chi connectivity index (χ3n) is 8.16. The minimum absolute atomic E-state index is 0.0879. The fraction of sp³-hybridized carbons (Fsp3) is 0.571. The fourth-order valence-corrected chi connectivity index (χ4v) is 8.05. The standard InChI is InChI=1S/C21H24N10O13P2/c22-14-8-15(25-4-24-14)30(5-26-8)19-12-13-21(42-19,2-38-12)3-40-46(36,37)43-11-10(32)7(1-39-45(34,35)44-13)41-18(11)31-6-27-9-16(31)28-20(23)29-17(9)33/h4-7,9-13,18-19,32H,1-3H2,(H,34,35)(H,36,37)(H2,22,24,25)(H2,23,29,33)/t7-,9?,10?,11+,12+,13?,18-,19-,21-/m1/s1. The van der Waals surface area contributed by atoms with Crippen LogP contribution in [0, 0.1) is 5.41 Å². The van der Waals surface area contributed by atoms with Crippen LogP contribution < -0.4 is 11.1 Å². The number of guanidine groups is 1. The Balaban J connectivity index is 1.11. The molecule has 4 saturated heterocycles. The smallest absolute Gasteiger partial charge is 0.387 e. The second-order valence-corrected chi connectivity index (χ2v) is 13.8. The lowest BCUT2D eigenvalue weighted by Gasteiger charge is -2.33. The van der Waals surface area contributed by atoms with Gasteiger partial charge in [0, 0.05) is 0 Å². The van der Waals surface area contributed by atoms with Crippen molar-refractivity contribution in [3.8, 4) is 0 Å². The number of anilines is 1. The minimum Gasteiger partial charge on any atom is -0.387 e. The van der Waals surface area contributed by atoms with E-state index < -0.39 is 95.3 Å². The van der Waals surface area contributed by atoms with E-state index in [-0.39, 0.29) is 29.4 Å². The number of nitrogens with two attached hydrogens (primary N) is 1. The molecule has 0 aromatic carbocycles. The average Bonchev–Trinajstić information content (AvgIpc) is 3.80. The number of fused-ring (bicyclic) bond motifs is 4. The van der Waals surface area contributed by atoms with Gasteiger partial charge in [0.05, 0.1) is 32.5 Å². The highest BCUT2D eigenvalue weighted by Gasteiger charge is 2.66. The number of hydrogen-bond acceptors (Lipinski definition) is 18. The Bertz CT molecular complexity index is 1810. The average molecular weight is 686 g/mol. The van der Waals surface area contributed by atoms with Crippen LogP contribution in [0.3, 0.4) is 0 Å². The van der Waals surface area contributed by atoms with Crippen molar-refractivity contribution in [1.82, 2.24) is 29.7 Å². The number of aliphatic imine (C=N–C) groups is 2. The molecule has 23 nitrogen and oxygen atoms in total.